The molecule has 0 heterocycles. The summed E-state index contributed by atoms with van der Waals surface area (Å²) in [6.07, 6.45) is 0.729. The molecule has 2 rings (SSSR count). The van der Waals surface area contributed by atoms with Gasteiger partial charge in [-0.05, 0) is 47.7 Å². The van der Waals surface area contributed by atoms with Crippen LogP contribution in [0.15, 0.2) is 46.9 Å². The first-order valence-corrected chi connectivity index (χ1v) is 8.15. The van der Waals surface area contributed by atoms with Crippen molar-refractivity contribution in [1.82, 2.24) is 0 Å². The van der Waals surface area contributed by atoms with E-state index in [9.17, 15) is 4.39 Å². The summed E-state index contributed by atoms with van der Waals surface area (Å²) in [5, 5.41) is 1.53. The van der Waals surface area contributed by atoms with Crippen LogP contribution in [0.3, 0.4) is 0 Å². The zero-order valence-corrected chi connectivity index (χ0v) is 14.0. The summed E-state index contributed by atoms with van der Waals surface area (Å²) in [6.45, 7) is 0. The molecule has 0 N–H and O–H groups in total. The molecule has 0 aliphatic rings. The molecule has 0 spiro atoms. The standard InChI is InChI=1S/C15H12Br2ClF/c16-9-11(13-3-1-2-4-15(13)18)7-10-8-12(19)5-6-14(10)17/h1-6,8,11H,7,9H2. The second-order valence-corrected chi connectivity index (χ2v) is 6.22. The number of halogens is 4. The molecule has 0 aromatic heterocycles. The zero-order valence-electron chi connectivity index (χ0n) is 10.0. The van der Waals surface area contributed by atoms with Crippen molar-refractivity contribution in [2.24, 2.45) is 0 Å². The van der Waals surface area contributed by atoms with Gasteiger partial charge < -0.3 is 0 Å². The van der Waals surface area contributed by atoms with Gasteiger partial charge >= 0.3 is 0 Å². The lowest BCUT2D eigenvalue weighted by Crippen LogP contribution is -2.06. The van der Waals surface area contributed by atoms with Gasteiger partial charge in [0, 0.05) is 14.8 Å². The van der Waals surface area contributed by atoms with Crippen LogP contribution in [0.25, 0.3) is 0 Å². The second kappa shape index (κ2) is 6.87. The molecule has 19 heavy (non-hydrogen) atoms. The fraction of sp³-hybridized carbons (Fsp3) is 0.200. The maximum atomic E-state index is 13.3. The molecule has 0 saturated heterocycles. The Labute approximate surface area is 134 Å². The number of rotatable bonds is 4. The first-order valence-electron chi connectivity index (χ1n) is 5.86. The van der Waals surface area contributed by atoms with Gasteiger partial charge in [-0.15, -0.1) is 0 Å². The molecule has 0 bridgehead atoms. The lowest BCUT2D eigenvalue weighted by atomic mass is 9.93. The first-order chi connectivity index (χ1) is 9.11. The quantitative estimate of drug-likeness (QED) is 0.550. The highest BCUT2D eigenvalue weighted by Crippen LogP contribution is 2.31. The molecule has 2 aromatic rings. The van der Waals surface area contributed by atoms with Gasteiger partial charge in [-0.25, -0.2) is 4.39 Å². The third-order valence-corrected chi connectivity index (χ3v) is 4.90. The average molecular weight is 407 g/mol. The smallest absolute Gasteiger partial charge is 0.123 e. The Kier molecular flexibility index (Phi) is 5.43. The summed E-state index contributed by atoms with van der Waals surface area (Å²) in [7, 11) is 0. The average Bonchev–Trinajstić information content (AvgIpc) is 2.41. The Morgan fingerprint density at radius 3 is 2.58 bits per heavy atom. The highest BCUT2D eigenvalue weighted by atomic mass is 79.9. The fourth-order valence-electron chi connectivity index (χ4n) is 2.02. The second-order valence-electron chi connectivity index (χ2n) is 4.31. The summed E-state index contributed by atoms with van der Waals surface area (Å²) in [6, 6.07) is 12.5. The minimum atomic E-state index is -0.217. The molecule has 0 nitrogen and oxygen atoms in total. The minimum absolute atomic E-state index is 0.215. The van der Waals surface area contributed by atoms with Gasteiger partial charge in [0.15, 0.2) is 0 Å². The zero-order chi connectivity index (χ0) is 13.8. The van der Waals surface area contributed by atoms with E-state index in [-0.39, 0.29) is 11.7 Å². The largest absolute Gasteiger partial charge is 0.207 e. The van der Waals surface area contributed by atoms with Crippen molar-refractivity contribution >= 4 is 43.5 Å². The van der Waals surface area contributed by atoms with Gasteiger partial charge in [0.1, 0.15) is 5.82 Å². The third-order valence-electron chi connectivity index (χ3n) is 3.01. The van der Waals surface area contributed by atoms with Gasteiger partial charge in [0.25, 0.3) is 0 Å². The Balaban J connectivity index is 2.29. The highest BCUT2D eigenvalue weighted by Gasteiger charge is 2.15. The van der Waals surface area contributed by atoms with Gasteiger partial charge in [-0.2, -0.15) is 0 Å². The van der Waals surface area contributed by atoms with E-state index in [0.717, 1.165) is 32.4 Å². The van der Waals surface area contributed by atoms with Crippen LogP contribution in [-0.2, 0) is 6.42 Å². The van der Waals surface area contributed by atoms with Crippen LogP contribution in [0.1, 0.15) is 17.0 Å². The number of hydrogen-bond donors (Lipinski definition) is 0. The fourth-order valence-corrected chi connectivity index (χ4v) is 3.30. The van der Waals surface area contributed by atoms with Crippen molar-refractivity contribution in [3.63, 3.8) is 0 Å². The van der Waals surface area contributed by atoms with Crippen LogP contribution in [-0.4, -0.2) is 5.33 Å². The molecule has 0 radical (unpaired) electrons. The van der Waals surface area contributed by atoms with Crippen molar-refractivity contribution in [2.75, 3.05) is 5.33 Å². The van der Waals surface area contributed by atoms with Gasteiger partial charge in [-0.3, -0.25) is 0 Å². The Hall–Kier alpha value is -0.380. The van der Waals surface area contributed by atoms with Crippen LogP contribution < -0.4 is 0 Å². The predicted molar refractivity (Wildman–Crippen MR) is 85.8 cm³/mol. The number of hydrogen-bond acceptors (Lipinski definition) is 0. The van der Waals surface area contributed by atoms with Crippen molar-refractivity contribution in [3.8, 4) is 0 Å². The maximum absolute atomic E-state index is 13.3. The molecule has 1 unspecified atom stereocenters. The van der Waals surface area contributed by atoms with E-state index in [1.807, 2.05) is 24.3 Å². The third kappa shape index (κ3) is 3.80. The SMILES string of the molecule is Fc1ccc(Br)c(CC(CBr)c2ccccc2Cl)c1. The molecular formula is C15H12Br2ClF. The lowest BCUT2D eigenvalue weighted by Gasteiger charge is -2.17. The van der Waals surface area contributed by atoms with Crippen LogP contribution >= 0.6 is 43.5 Å². The molecule has 2 aromatic carbocycles. The molecule has 0 aliphatic carbocycles. The summed E-state index contributed by atoms with van der Waals surface area (Å²) < 4.78 is 14.2. The molecule has 4 heteroatoms. The molecule has 0 amide bonds. The molecule has 0 fully saturated rings. The molecule has 1 atom stereocenters. The topological polar surface area (TPSA) is 0 Å². The Morgan fingerprint density at radius 1 is 1.16 bits per heavy atom. The van der Waals surface area contributed by atoms with E-state index in [4.69, 9.17) is 11.6 Å². The van der Waals surface area contributed by atoms with Crippen molar-refractivity contribution in [1.29, 1.82) is 0 Å². The number of alkyl halides is 1. The summed E-state index contributed by atoms with van der Waals surface area (Å²) in [5.41, 5.74) is 2.03. The number of benzene rings is 2. The molecule has 0 aliphatic heterocycles. The summed E-state index contributed by atoms with van der Waals surface area (Å²) in [4.78, 5) is 0. The van der Waals surface area contributed by atoms with Crippen LogP contribution in [0, 0.1) is 5.82 Å². The van der Waals surface area contributed by atoms with E-state index in [1.165, 1.54) is 6.07 Å². The van der Waals surface area contributed by atoms with Crippen molar-refractivity contribution < 1.29 is 4.39 Å². The van der Waals surface area contributed by atoms with Crippen LogP contribution in [0.2, 0.25) is 5.02 Å². The Bertz CT molecular complexity index is 572. The maximum Gasteiger partial charge on any atom is 0.123 e. The van der Waals surface area contributed by atoms with Crippen molar-refractivity contribution in [2.45, 2.75) is 12.3 Å². The molecular weight excluding hydrogens is 394 g/mol. The van der Waals surface area contributed by atoms with Crippen molar-refractivity contribution in [3.05, 3.63) is 68.9 Å². The van der Waals surface area contributed by atoms with Gasteiger partial charge in [0.2, 0.25) is 0 Å². The monoisotopic (exact) mass is 404 g/mol. The van der Waals surface area contributed by atoms with Gasteiger partial charge in [-0.1, -0.05) is 61.7 Å². The van der Waals surface area contributed by atoms with E-state index < -0.39 is 0 Å². The van der Waals surface area contributed by atoms with Crippen LogP contribution in [0.4, 0.5) is 4.39 Å². The van der Waals surface area contributed by atoms with Crippen LogP contribution in [0.5, 0.6) is 0 Å². The van der Waals surface area contributed by atoms with Gasteiger partial charge in [0.05, 0.1) is 0 Å². The molecule has 0 saturated carbocycles. The summed E-state index contributed by atoms with van der Waals surface area (Å²) >= 11 is 13.2. The lowest BCUT2D eigenvalue weighted by molar-refractivity contribution is 0.623. The van der Waals surface area contributed by atoms with E-state index in [1.54, 1.807) is 12.1 Å². The normalized spacial score (nSPS) is 12.4. The van der Waals surface area contributed by atoms with E-state index in [2.05, 4.69) is 31.9 Å². The van der Waals surface area contributed by atoms with E-state index >= 15 is 0 Å². The van der Waals surface area contributed by atoms with E-state index in [0.29, 0.717) is 0 Å². The molecule has 100 valence electrons. The predicted octanol–water partition coefficient (Wildman–Crippen LogP) is 5.96. The Morgan fingerprint density at radius 2 is 1.89 bits per heavy atom. The first kappa shape index (κ1) is 15.0. The summed E-state index contributed by atoms with van der Waals surface area (Å²) in [5.74, 6) is -0.00233. The highest BCUT2D eigenvalue weighted by molar-refractivity contribution is 9.10. The minimum Gasteiger partial charge on any atom is -0.207 e.